The van der Waals surface area contributed by atoms with E-state index < -0.39 is 5.97 Å². The predicted molar refractivity (Wildman–Crippen MR) is 88.8 cm³/mol. The van der Waals surface area contributed by atoms with Crippen LogP contribution in [0.5, 0.6) is 0 Å². The van der Waals surface area contributed by atoms with Crippen molar-refractivity contribution in [2.24, 2.45) is 22.7 Å². The minimum absolute atomic E-state index is 0.163. The van der Waals surface area contributed by atoms with Gasteiger partial charge in [0.1, 0.15) is 0 Å². The number of carboxylic acids is 1. The molecule has 2 atom stereocenters. The van der Waals surface area contributed by atoms with Crippen LogP contribution >= 0.6 is 0 Å². The zero-order valence-electron chi connectivity index (χ0n) is 14.8. The van der Waals surface area contributed by atoms with E-state index in [1.54, 1.807) is 0 Å². The van der Waals surface area contributed by atoms with Gasteiger partial charge in [0.15, 0.2) is 0 Å². The highest BCUT2D eigenvalue weighted by Crippen LogP contribution is 2.67. The topological polar surface area (TPSA) is 40.5 Å². The molecule has 0 aromatic heterocycles. The molecule has 2 unspecified atom stereocenters. The molecule has 126 valence electrons. The highest BCUT2D eigenvalue weighted by molar-refractivity contribution is 5.69. The summed E-state index contributed by atoms with van der Waals surface area (Å²) in [6.45, 7) is 10.6. The SMILES string of the molecule is CC(C)CCN(CC(=O)O)C12CC3CC(C)(CC(C)(C3)C1)C2. The summed E-state index contributed by atoms with van der Waals surface area (Å²) in [6.07, 6.45) is 8.87. The highest BCUT2D eigenvalue weighted by Gasteiger charge is 2.61. The monoisotopic (exact) mass is 307 g/mol. The molecule has 0 spiro atoms. The van der Waals surface area contributed by atoms with Gasteiger partial charge in [-0.3, -0.25) is 9.69 Å². The van der Waals surface area contributed by atoms with Gasteiger partial charge in [-0.1, -0.05) is 27.7 Å². The van der Waals surface area contributed by atoms with Crippen molar-refractivity contribution in [1.82, 2.24) is 4.90 Å². The molecule has 0 radical (unpaired) electrons. The minimum atomic E-state index is -0.658. The van der Waals surface area contributed by atoms with Crippen LogP contribution in [0.4, 0.5) is 0 Å². The van der Waals surface area contributed by atoms with Crippen LogP contribution in [-0.4, -0.2) is 34.6 Å². The summed E-state index contributed by atoms with van der Waals surface area (Å²) in [6, 6.07) is 0. The van der Waals surface area contributed by atoms with Crippen molar-refractivity contribution in [2.75, 3.05) is 13.1 Å². The fraction of sp³-hybridized carbons (Fsp3) is 0.947. The average Bonchev–Trinajstić information content (AvgIpc) is 2.28. The van der Waals surface area contributed by atoms with Gasteiger partial charge < -0.3 is 5.11 Å². The number of nitrogens with zero attached hydrogens (tertiary/aromatic N) is 1. The Balaban J connectivity index is 1.87. The quantitative estimate of drug-likeness (QED) is 0.800. The van der Waals surface area contributed by atoms with E-state index in [4.69, 9.17) is 0 Å². The van der Waals surface area contributed by atoms with Crippen molar-refractivity contribution in [3.8, 4) is 0 Å². The highest BCUT2D eigenvalue weighted by atomic mass is 16.4. The number of hydrogen-bond donors (Lipinski definition) is 1. The first-order valence-electron chi connectivity index (χ1n) is 9.11. The molecule has 0 amide bonds. The molecular formula is C19H33NO2. The van der Waals surface area contributed by atoms with Crippen molar-refractivity contribution >= 4 is 5.97 Å². The molecule has 4 aliphatic carbocycles. The third-order valence-electron chi connectivity index (χ3n) is 6.57. The van der Waals surface area contributed by atoms with Gasteiger partial charge in [-0.25, -0.2) is 0 Å². The first-order chi connectivity index (χ1) is 10.1. The molecular weight excluding hydrogens is 274 g/mol. The molecule has 0 saturated heterocycles. The van der Waals surface area contributed by atoms with Crippen LogP contribution in [0, 0.1) is 22.7 Å². The van der Waals surface area contributed by atoms with Crippen molar-refractivity contribution in [3.63, 3.8) is 0 Å². The molecule has 1 N–H and O–H groups in total. The van der Waals surface area contributed by atoms with Gasteiger partial charge in [0.2, 0.25) is 0 Å². The summed E-state index contributed by atoms with van der Waals surface area (Å²) in [4.78, 5) is 13.8. The zero-order valence-corrected chi connectivity index (χ0v) is 14.8. The smallest absolute Gasteiger partial charge is 0.317 e. The molecule has 4 fully saturated rings. The zero-order chi connectivity index (χ0) is 16.2. The molecule has 3 heteroatoms. The Hall–Kier alpha value is -0.570. The van der Waals surface area contributed by atoms with Gasteiger partial charge in [0.05, 0.1) is 6.54 Å². The van der Waals surface area contributed by atoms with E-state index in [0.29, 0.717) is 16.7 Å². The van der Waals surface area contributed by atoms with E-state index in [-0.39, 0.29) is 12.1 Å². The second-order valence-corrected chi connectivity index (χ2v) is 9.85. The van der Waals surface area contributed by atoms with Gasteiger partial charge in [-0.15, -0.1) is 0 Å². The molecule has 22 heavy (non-hydrogen) atoms. The lowest BCUT2D eigenvalue weighted by atomic mass is 9.42. The number of aliphatic carboxylic acids is 1. The maximum Gasteiger partial charge on any atom is 0.317 e. The Labute approximate surface area is 135 Å². The number of carboxylic acid groups (broad SMARTS) is 1. The van der Waals surface area contributed by atoms with Crippen molar-refractivity contribution in [1.29, 1.82) is 0 Å². The van der Waals surface area contributed by atoms with E-state index in [0.717, 1.165) is 18.9 Å². The van der Waals surface area contributed by atoms with Gasteiger partial charge >= 0.3 is 5.97 Å². The van der Waals surface area contributed by atoms with E-state index in [1.807, 2.05) is 0 Å². The van der Waals surface area contributed by atoms with E-state index >= 15 is 0 Å². The summed E-state index contributed by atoms with van der Waals surface area (Å²) in [5.74, 6) is 0.799. The normalized spacial score (nSPS) is 43.3. The number of carbonyl (C=O) groups is 1. The molecule has 4 aliphatic rings. The molecule has 0 aromatic carbocycles. The second-order valence-electron chi connectivity index (χ2n) is 9.85. The van der Waals surface area contributed by atoms with Crippen LogP contribution in [0.15, 0.2) is 0 Å². The summed E-state index contributed by atoms with van der Waals surface area (Å²) in [5.41, 5.74) is 1.06. The van der Waals surface area contributed by atoms with E-state index in [1.165, 1.54) is 38.5 Å². The molecule has 0 aliphatic heterocycles. The lowest BCUT2D eigenvalue weighted by Crippen LogP contribution is -2.66. The van der Waals surface area contributed by atoms with Crippen LogP contribution in [0.25, 0.3) is 0 Å². The first kappa shape index (κ1) is 16.3. The summed E-state index contributed by atoms with van der Waals surface area (Å²) < 4.78 is 0. The third-order valence-corrected chi connectivity index (χ3v) is 6.57. The summed E-state index contributed by atoms with van der Waals surface area (Å²) >= 11 is 0. The number of rotatable bonds is 6. The largest absolute Gasteiger partial charge is 0.480 e. The van der Waals surface area contributed by atoms with Gasteiger partial charge in [0, 0.05) is 5.54 Å². The van der Waals surface area contributed by atoms with Crippen LogP contribution < -0.4 is 0 Å². The summed E-state index contributed by atoms with van der Waals surface area (Å²) in [5, 5.41) is 9.44. The van der Waals surface area contributed by atoms with E-state index in [9.17, 15) is 9.90 Å². The van der Waals surface area contributed by atoms with Crippen LogP contribution in [0.1, 0.15) is 72.6 Å². The van der Waals surface area contributed by atoms with Crippen molar-refractivity contribution in [3.05, 3.63) is 0 Å². The minimum Gasteiger partial charge on any atom is -0.480 e. The third kappa shape index (κ3) is 2.93. The Bertz CT molecular complexity index is 440. The Morgan fingerprint density at radius 2 is 1.73 bits per heavy atom. The molecule has 4 saturated carbocycles. The van der Waals surface area contributed by atoms with Crippen molar-refractivity contribution < 1.29 is 9.90 Å². The molecule has 3 nitrogen and oxygen atoms in total. The Kier molecular flexibility index (Phi) is 3.87. The van der Waals surface area contributed by atoms with Crippen LogP contribution in [-0.2, 0) is 4.79 Å². The first-order valence-corrected chi connectivity index (χ1v) is 9.11. The second kappa shape index (κ2) is 5.22. The van der Waals surface area contributed by atoms with Gasteiger partial charge in [-0.05, 0) is 74.2 Å². The molecule has 0 aromatic rings. The van der Waals surface area contributed by atoms with Crippen LogP contribution in [0.2, 0.25) is 0 Å². The Morgan fingerprint density at radius 3 is 2.18 bits per heavy atom. The average molecular weight is 307 g/mol. The van der Waals surface area contributed by atoms with E-state index in [2.05, 4.69) is 32.6 Å². The Morgan fingerprint density at radius 1 is 1.14 bits per heavy atom. The maximum absolute atomic E-state index is 11.5. The fourth-order valence-electron chi connectivity index (χ4n) is 6.80. The van der Waals surface area contributed by atoms with Crippen LogP contribution in [0.3, 0.4) is 0 Å². The standard InChI is InChI=1S/C19H33NO2/c1-14(2)5-6-20(10-16(21)22)19-9-15-7-17(3,12-19)11-18(4,8-15)13-19/h14-15H,5-13H2,1-4H3,(H,21,22). The molecule has 0 heterocycles. The fourth-order valence-corrected chi connectivity index (χ4v) is 6.80. The predicted octanol–water partition coefficient (Wildman–Crippen LogP) is 4.17. The van der Waals surface area contributed by atoms with Gasteiger partial charge in [0.25, 0.3) is 0 Å². The molecule has 4 rings (SSSR count). The number of hydrogen-bond acceptors (Lipinski definition) is 2. The van der Waals surface area contributed by atoms with Gasteiger partial charge in [-0.2, -0.15) is 0 Å². The summed E-state index contributed by atoms with van der Waals surface area (Å²) in [7, 11) is 0. The maximum atomic E-state index is 11.5. The molecule has 4 bridgehead atoms. The van der Waals surface area contributed by atoms with Crippen molar-refractivity contribution in [2.45, 2.75) is 78.2 Å². The lowest BCUT2D eigenvalue weighted by molar-refractivity contribution is -0.170. The lowest BCUT2D eigenvalue weighted by Gasteiger charge is -2.67.